The Hall–Kier alpha value is -0.346. The van der Waals surface area contributed by atoms with Gasteiger partial charge in [0.2, 0.25) is 0 Å². The van der Waals surface area contributed by atoms with Gasteiger partial charge < -0.3 is 0 Å². The van der Waals surface area contributed by atoms with E-state index in [4.69, 9.17) is 10.2 Å². The van der Waals surface area contributed by atoms with Crippen LogP contribution in [0.15, 0.2) is 0 Å². The summed E-state index contributed by atoms with van der Waals surface area (Å²) in [5.74, 6) is -1.78. The van der Waals surface area contributed by atoms with E-state index < -0.39 is 31.1 Å². The molecule has 0 aliphatic heterocycles. The third-order valence-electron chi connectivity index (χ3n) is 0.552. The second-order valence-corrected chi connectivity index (χ2v) is 3.28. The number of carboxylic acids is 2. The van der Waals surface area contributed by atoms with Gasteiger partial charge in [0, 0.05) is 0 Å². The minimum absolute atomic E-state index is 0.0618. The summed E-state index contributed by atoms with van der Waals surface area (Å²) in [6, 6.07) is 0. The molecular formula is C4H6O4Ti. The first kappa shape index (κ1) is 8.65. The van der Waals surface area contributed by atoms with Crippen molar-refractivity contribution in [3.63, 3.8) is 0 Å². The Morgan fingerprint density at radius 3 is 1.67 bits per heavy atom. The Bertz CT molecular complexity index is 108. The summed E-state index contributed by atoms with van der Waals surface area (Å²) in [6.07, 6.45) is 0. The van der Waals surface area contributed by atoms with Crippen LogP contribution in [0, 0.1) is 0 Å². The molecule has 0 aromatic heterocycles. The number of hydrogen-bond acceptors (Lipinski definition) is 2. The van der Waals surface area contributed by atoms with E-state index in [9.17, 15) is 9.59 Å². The minimum atomic E-state index is -0.892. The average Bonchev–Trinajstić information content (AvgIpc) is 1.63. The molecule has 0 amide bonds. The molecule has 0 aliphatic rings. The summed E-state index contributed by atoms with van der Waals surface area (Å²) >= 11 is -0.773. The fraction of sp³-hybridized carbons (Fsp3) is 0.500. The quantitative estimate of drug-likeness (QED) is 0.579. The second kappa shape index (κ2) is 4.53. The average molecular weight is 166 g/mol. The van der Waals surface area contributed by atoms with Gasteiger partial charge in [0.1, 0.15) is 0 Å². The molecule has 0 atom stereocenters. The molecule has 0 aliphatic carbocycles. The van der Waals surface area contributed by atoms with Crippen LogP contribution in [0.1, 0.15) is 0 Å². The molecule has 0 aromatic carbocycles. The third-order valence-corrected chi connectivity index (χ3v) is 2.28. The zero-order chi connectivity index (χ0) is 7.28. The summed E-state index contributed by atoms with van der Waals surface area (Å²) in [7, 11) is 0. The van der Waals surface area contributed by atoms with Gasteiger partial charge in [0.05, 0.1) is 0 Å². The van der Waals surface area contributed by atoms with E-state index in [-0.39, 0.29) is 9.45 Å². The summed E-state index contributed by atoms with van der Waals surface area (Å²) in [4.78, 5) is 19.6. The molecular weight excluding hydrogens is 160 g/mol. The zero-order valence-corrected chi connectivity index (χ0v) is 6.19. The molecule has 2 N–H and O–H groups in total. The molecule has 0 saturated heterocycles. The van der Waals surface area contributed by atoms with Crippen molar-refractivity contribution in [3.8, 4) is 0 Å². The Labute approximate surface area is 60.8 Å². The van der Waals surface area contributed by atoms with Gasteiger partial charge in [-0.1, -0.05) is 0 Å². The zero-order valence-electron chi connectivity index (χ0n) is 4.63. The van der Waals surface area contributed by atoms with Crippen LogP contribution in [0.5, 0.6) is 0 Å². The van der Waals surface area contributed by atoms with E-state index in [0.29, 0.717) is 0 Å². The number of aliphatic carboxylic acids is 2. The van der Waals surface area contributed by atoms with E-state index in [0.717, 1.165) is 0 Å². The first-order chi connectivity index (χ1) is 4.13. The molecule has 0 saturated carbocycles. The normalized spacial score (nSPS) is 8.44. The Balaban J connectivity index is 3.10. The van der Waals surface area contributed by atoms with Gasteiger partial charge in [-0.3, -0.25) is 0 Å². The van der Waals surface area contributed by atoms with Crippen LogP contribution in [-0.2, 0) is 28.7 Å². The van der Waals surface area contributed by atoms with Crippen LogP contribution in [0.4, 0.5) is 0 Å². The standard InChI is InChI=1S/2C2H3O2.Ti/c2*1-2(3)4;/h2*1H2,(H,3,4);. The monoisotopic (exact) mass is 166 g/mol. The van der Waals surface area contributed by atoms with Crippen LogP contribution in [0.3, 0.4) is 0 Å². The third kappa shape index (κ3) is 7.65. The Kier molecular flexibility index (Phi) is 4.35. The molecule has 0 unspecified atom stereocenters. The first-order valence-electron chi connectivity index (χ1n) is 2.27. The predicted octanol–water partition coefficient (Wildman–Crippen LogP) is 0.0747. The van der Waals surface area contributed by atoms with E-state index in [2.05, 4.69) is 0 Å². The van der Waals surface area contributed by atoms with Crippen molar-refractivity contribution in [2.24, 2.45) is 0 Å². The van der Waals surface area contributed by atoms with Crippen LogP contribution < -0.4 is 0 Å². The van der Waals surface area contributed by atoms with Gasteiger partial charge >= 0.3 is 60.3 Å². The van der Waals surface area contributed by atoms with Crippen molar-refractivity contribution >= 4 is 11.9 Å². The van der Waals surface area contributed by atoms with Gasteiger partial charge in [-0.2, -0.15) is 0 Å². The number of rotatable bonds is 4. The van der Waals surface area contributed by atoms with E-state index in [1.165, 1.54) is 0 Å². The van der Waals surface area contributed by atoms with Gasteiger partial charge in [-0.05, 0) is 0 Å². The van der Waals surface area contributed by atoms with Crippen molar-refractivity contribution in [1.29, 1.82) is 0 Å². The second-order valence-electron chi connectivity index (χ2n) is 1.39. The van der Waals surface area contributed by atoms with Crippen LogP contribution >= 0.6 is 0 Å². The first-order valence-corrected chi connectivity index (χ1v) is 4.48. The molecule has 0 radical (unpaired) electrons. The van der Waals surface area contributed by atoms with Crippen molar-refractivity contribution in [3.05, 3.63) is 0 Å². The van der Waals surface area contributed by atoms with Crippen molar-refractivity contribution < 1.29 is 39.0 Å². The molecule has 0 heterocycles. The number of carbonyl (C=O) groups is 2. The van der Waals surface area contributed by atoms with E-state index in [1.807, 2.05) is 0 Å². The molecule has 0 spiro atoms. The maximum atomic E-state index is 9.82. The molecule has 5 heteroatoms. The fourth-order valence-corrected chi connectivity index (χ4v) is 1.14. The van der Waals surface area contributed by atoms with Gasteiger partial charge in [-0.25, -0.2) is 0 Å². The van der Waals surface area contributed by atoms with E-state index >= 15 is 0 Å². The van der Waals surface area contributed by atoms with Gasteiger partial charge in [-0.15, -0.1) is 0 Å². The van der Waals surface area contributed by atoms with Crippen molar-refractivity contribution in [2.45, 2.75) is 9.45 Å². The maximum absolute atomic E-state index is 9.82. The molecule has 0 aromatic rings. The van der Waals surface area contributed by atoms with Gasteiger partial charge in [0.15, 0.2) is 0 Å². The SMILES string of the molecule is O=C(O)[CH2][Ti][CH2]C(=O)O. The number of hydrogen-bond donors (Lipinski definition) is 2. The molecule has 9 heavy (non-hydrogen) atoms. The molecule has 0 fully saturated rings. The Morgan fingerprint density at radius 1 is 1.11 bits per heavy atom. The van der Waals surface area contributed by atoms with Gasteiger partial charge in [0.25, 0.3) is 0 Å². The van der Waals surface area contributed by atoms with Crippen LogP contribution in [-0.4, -0.2) is 22.2 Å². The molecule has 50 valence electrons. The molecule has 0 bridgehead atoms. The number of carboxylic acid groups (broad SMARTS) is 2. The van der Waals surface area contributed by atoms with Crippen molar-refractivity contribution in [2.75, 3.05) is 0 Å². The summed E-state index contributed by atoms with van der Waals surface area (Å²) in [5, 5.41) is 16.1. The van der Waals surface area contributed by atoms with E-state index in [1.54, 1.807) is 0 Å². The fourth-order valence-electron chi connectivity index (χ4n) is 0.276. The Morgan fingerprint density at radius 2 is 1.44 bits per heavy atom. The van der Waals surface area contributed by atoms with Crippen molar-refractivity contribution in [1.82, 2.24) is 0 Å². The van der Waals surface area contributed by atoms with Crippen LogP contribution in [0.25, 0.3) is 0 Å². The predicted molar refractivity (Wildman–Crippen MR) is 24.9 cm³/mol. The molecule has 0 rings (SSSR count). The topological polar surface area (TPSA) is 74.6 Å². The summed E-state index contributed by atoms with van der Waals surface area (Å²) < 4.78 is 0.124. The molecule has 4 nitrogen and oxygen atoms in total. The van der Waals surface area contributed by atoms with Crippen LogP contribution in [0.2, 0.25) is 9.45 Å². The summed E-state index contributed by atoms with van der Waals surface area (Å²) in [6.45, 7) is 0. The summed E-state index contributed by atoms with van der Waals surface area (Å²) in [5.41, 5.74) is 0.